The van der Waals surface area contributed by atoms with E-state index in [0.717, 1.165) is 0 Å². The minimum atomic E-state index is -0.296. The zero-order chi connectivity index (χ0) is 12.4. The third-order valence-corrected chi connectivity index (χ3v) is 3.12. The number of hydrogen-bond donors (Lipinski definition) is 0. The highest BCUT2D eigenvalue weighted by atomic mass is 32.1. The van der Waals surface area contributed by atoms with Crippen LogP contribution in [0.15, 0.2) is 53.8 Å². The SMILES string of the molecule is O=C(N=c1nc2ncccn2s1)c1ccccc1. The number of nitrogens with zero attached hydrogens (tertiary/aromatic N) is 4. The Balaban J connectivity index is 2.04. The van der Waals surface area contributed by atoms with Crippen molar-refractivity contribution in [1.29, 1.82) is 0 Å². The molecule has 0 saturated heterocycles. The molecule has 0 fully saturated rings. The van der Waals surface area contributed by atoms with Gasteiger partial charge in [-0.15, -0.1) is 0 Å². The lowest BCUT2D eigenvalue weighted by Crippen LogP contribution is -2.04. The van der Waals surface area contributed by atoms with Crippen molar-refractivity contribution in [2.45, 2.75) is 0 Å². The van der Waals surface area contributed by atoms with Crippen LogP contribution in [0.1, 0.15) is 10.4 Å². The van der Waals surface area contributed by atoms with Crippen molar-refractivity contribution < 1.29 is 4.79 Å². The van der Waals surface area contributed by atoms with Crippen LogP contribution in [0.3, 0.4) is 0 Å². The van der Waals surface area contributed by atoms with E-state index >= 15 is 0 Å². The largest absolute Gasteiger partial charge is 0.279 e. The maximum Gasteiger partial charge on any atom is 0.279 e. The molecular formula is C12H8N4OS. The Kier molecular flexibility index (Phi) is 2.70. The smallest absolute Gasteiger partial charge is 0.267 e. The summed E-state index contributed by atoms with van der Waals surface area (Å²) in [6.07, 6.45) is 3.48. The normalized spacial score (nSPS) is 11.9. The van der Waals surface area contributed by atoms with E-state index in [1.807, 2.05) is 12.3 Å². The highest BCUT2D eigenvalue weighted by Crippen LogP contribution is 2.01. The van der Waals surface area contributed by atoms with Crippen LogP contribution in [-0.4, -0.2) is 19.7 Å². The van der Waals surface area contributed by atoms with Crippen molar-refractivity contribution in [2.24, 2.45) is 4.99 Å². The second-order valence-electron chi connectivity index (χ2n) is 3.51. The van der Waals surface area contributed by atoms with Crippen LogP contribution in [-0.2, 0) is 0 Å². The Bertz CT molecular complexity index is 724. The Labute approximate surface area is 106 Å². The summed E-state index contributed by atoms with van der Waals surface area (Å²) in [5.74, 6) is 0.248. The van der Waals surface area contributed by atoms with E-state index in [1.54, 1.807) is 40.3 Å². The Hall–Kier alpha value is -2.34. The van der Waals surface area contributed by atoms with Gasteiger partial charge in [0, 0.05) is 18.0 Å². The average Bonchev–Trinajstić information content (AvgIpc) is 2.82. The summed E-state index contributed by atoms with van der Waals surface area (Å²) in [7, 11) is 0. The molecule has 2 heterocycles. The van der Waals surface area contributed by atoms with Crippen LogP contribution in [0.4, 0.5) is 0 Å². The van der Waals surface area contributed by atoms with Crippen molar-refractivity contribution >= 4 is 23.2 Å². The van der Waals surface area contributed by atoms with E-state index in [4.69, 9.17) is 0 Å². The molecule has 0 bridgehead atoms. The van der Waals surface area contributed by atoms with Gasteiger partial charge in [-0.25, -0.2) is 8.77 Å². The lowest BCUT2D eigenvalue weighted by molar-refractivity contribution is 0.0998. The summed E-state index contributed by atoms with van der Waals surface area (Å²) >= 11 is 1.28. The molecule has 0 atom stereocenters. The number of rotatable bonds is 1. The van der Waals surface area contributed by atoms with Gasteiger partial charge in [-0.3, -0.25) is 4.79 Å². The fourth-order valence-electron chi connectivity index (χ4n) is 1.47. The summed E-state index contributed by atoms with van der Waals surface area (Å²) in [4.78, 5) is 24.5. The molecule has 6 heteroatoms. The van der Waals surface area contributed by atoms with Crippen molar-refractivity contribution in [1.82, 2.24) is 13.8 Å². The summed E-state index contributed by atoms with van der Waals surface area (Å²) < 4.78 is 1.76. The molecule has 0 aliphatic carbocycles. The van der Waals surface area contributed by atoms with Gasteiger partial charge in [0.25, 0.3) is 5.91 Å². The highest BCUT2D eigenvalue weighted by molar-refractivity contribution is 7.03. The van der Waals surface area contributed by atoms with E-state index < -0.39 is 0 Å². The van der Waals surface area contributed by atoms with Gasteiger partial charge < -0.3 is 0 Å². The number of benzene rings is 1. The third-order valence-electron chi connectivity index (χ3n) is 2.29. The Morgan fingerprint density at radius 1 is 1.22 bits per heavy atom. The summed E-state index contributed by atoms with van der Waals surface area (Å²) in [6.45, 7) is 0. The van der Waals surface area contributed by atoms with E-state index in [2.05, 4.69) is 15.0 Å². The molecule has 0 aliphatic heterocycles. The molecule has 5 nitrogen and oxygen atoms in total. The quantitative estimate of drug-likeness (QED) is 0.663. The van der Waals surface area contributed by atoms with Gasteiger partial charge in [0.05, 0.1) is 0 Å². The number of aromatic nitrogens is 3. The van der Waals surface area contributed by atoms with Gasteiger partial charge in [0.2, 0.25) is 10.6 Å². The van der Waals surface area contributed by atoms with Gasteiger partial charge >= 0.3 is 0 Å². The maximum absolute atomic E-state index is 11.9. The molecule has 88 valence electrons. The first-order valence-electron chi connectivity index (χ1n) is 5.28. The lowest BCUT2D eigenvalue weighted by Gasteiger charge is -1.90. The minimum absolute atomic E-state index is 0.296. The molecule has 0 N–H and O–H groups in total. The molecule has 0 radical (unpaired) electrons. The average molecular weight is 256 g/mol. The number of fused-ring (bicyclic) bond motifs is 1. The lowest BCUT2D eigenvalue weighted by atomic mass is 10.2. The topological polar surface area (TPSA) is 59.6 Å². The molecule has 0 aliphatic rings. The zero-order valence-electron chi connectivity index (χ0n) is 9.22. The molecule has 1 aromatic carbocycles. The van der Waals surface area contributed by atoms with Crippen LogP contribution in [0.5, 0.6) is 0 Å². The first kappa shape index (κ1) is 10.8. The van der Waals surface area contributed by atoms with Gasteiger partial charge in [-0.1, -0.05) is 18.2 Å². The van der Waals surface area contributed by atoms with Crippen LogP contribution in [0, 0.1) is 0 Å². The van der Waals surface area contributed by atoms with Crippen molar-refractivity contribution in [3.8, 4) is 0 Å². The maximum atomic E-state index is 11.9. The van der Waals surface area contributed by atoms with E-state index in [9.17, 15) is 4.79 Å². The molecule has 2 aromatic heterocycles. The van der Waals surface area contributed by atoms with Gasteiger partial charge in [-0.2, -0.15) is 9.98 Å². The van der Waals surface area contributed by atoms with Crippen molar-refractivity contribution in [2.75, 3.05) is 0 Å². The number of amides is 1. The van der Waals surface area contributed by atoms with Gasteiger partial charge in [0.15, 0.2) is 0 Å². The first-order chi connectivity index (χ1) is 8.83. The molecule has 3 rings (SSSR count). The molecule has 0 spiro atoms. The van der Waals surface area contributed by atoms with Crippen LogP contribution < -0.4 is 4.80 Å². The van der Waals surface area contributed by atoms with Crippen LogP contribution in [0.2, 0.25) is 0 Å². The number of carbonyl (C=O) groups is 1. The van der Waals surface area contributed by atoms with Gasteiger partial charge in [0.1, 0.15) is 0 Å². The standard InChI is InChI=1S/C12H8N4OS/c17-10(9-5-2-1-3-6-9)14-12-15-11-13-7-4-8-16(11)18-12/h1-8H. The third kappa shape index (κ3) is 2.05. The van der Waals surface area contributed by atoms with Gasteiger partial charge in [-0.05, 0) is 29.7 Å². The summed E-state index contributed by atoms with van der Waals surface area (Å²) in [5.41, 5.74) is 0.551. The summed E-state index contributed by atoms with van der Waals surface area (Å²) in [5, 5.41) is 0. The Morgan fingerprint density at radius 3 is 2.83 bits per heavy atom. The number of carbonyl (C=O) groups excluding carboxylic acids is 1. The summed E-state index contributed by atoms with van der Waals surface area (Å²) in [6, 6.07) is 10.7. The highest BCUT2D eigenvalue weighted by Gasteiger charge is 2.04. The second kappa shape index (κ2) is 4.50. The fourth-order valence-corrected chi connectivity index (χ4v) is 2.19. The zero-order valence-corrected chi connectivity index (χ0v) is 10.0. The van der Waals surface area contributed by atoms with E-state index in [1.165, 1.54) is 11.5 Å². The van der Waals surface area contributed by atoms with E-state index in [0.29, 0.717) is 16.1 Å². The second-order valence-corrected chi connectivity index (χ2v) is 4.46. The number of hydrogen-bond acceptors (Lipinski definition) is 4. The molecular weight excluding hydrogens is 248 g/mol. The van der Waals surface area contributed by atoms with Crippen molar-refractivity contribution in [3.63, 3.8) is 0 Å². The van der Waals surface area contributed by atoms with Crippen molar-refractivity contribution in [3.05, 3.63) is 59.2 Å². The van der Waals surface area contributed by atoms with Crippen LogP contribution >= 0.6 is 11.5 Å². The predicted octanol–water partition coefficient (Wildman–Crippen LogP) is 1.53. The molecule has 3 aromatic rings. The minimum Gasteiger partial charge on any atom is -0.267 e. The predicted molar refractivity (Wildman–Crippen MR) is 67.2 cm³/mol. The molecule has 0 unspecified atom stereocenters. The fraction of sp³-hybridized carbons (Fsp3) is 0. The molecule has 1 amide bonds. The Morgan fingerprint density at radius 2 is 2.06 bits per heavy atom. The molecule has 0 saturated carbocycles. The molecule has 18 heavy (non-hydrogen) atoms. The first-order valence-corrected chi connectivity index (χ1v) is 6.05. The monoisotopic (exact) mass is 256 g/mol. The van der Waals surface area contributed by atoms with Crippen LogP contribution in [0.25, 0.3) is 5.78 Å². The van der Waals surface area contributed by atoms with E-state index in [-0.39, 0.29) is 5.91 Å².